The molecule has 100 valence electrons. The number of hydrogen-bond acceptors (Lipinski definition) is 4. The molecule has 18 heavy (non-hydrogen) atoms. The van der Waals surface area contributed by atoms with E-state index in [1.165, 1.54) is 11.3 Å². The first kappa shape index (κ1) is 16.0. The molecule has 2 N–H and O–H groups in total. The molecule has 1 heterocycles. The van der Waals surface area contributed by atoms with Crippen molar-refractivity contribution in [2.45, 2.75) is 12.5 Å². The van der Waals surface area contributed by atoms with Crippen molar-refractivity contribution in [3.05, 3.63) is 19.2 Å². The standard InChI is InChI=1S/C10H11Br2NO3S2/c1-17-3-2-6(10(15)16)13-9(14)5-4-7(11)18-8(5)12/h4,6H,2-3H2,1H3,(H,13,14)(H,15,16). The van der Waals surface area contributed by atoms with E-state index in [0.29, 0.717) is 21.5 Å². The molecule has 0 aliphatic carbocycles. The maximum absolute atomic E-state index is 11.9. The molecule has 0 saturated carbocycles. The molecule has 1 aromatic heterocycles. The molecule has 0 saturated heterocycles. The van der Waals surface area contributed by atoms with Crippen LogP contribution in [0.25, 0.3) is 0 Å². The van der Waals surface area contributed by atoms with Crippen molar-refractivity contribution in [2.24, 2.45) is 0 Å². The quantitative estimate of drug-likeness (QED) is 0.747. The molecule has 1 aromatic rings. The van der Waals surface area contributed by atoms with Gasteiger partial charge < -0.3 is 10.4 Å². The highest BCUT2D eigenvalue weighted by atomic mass is 79.9. The number of carbonyl (C=O) groups excluding carboxylic acids is 1. The Morgan fingerprint density at radius 1 is 1.56 bits per heavy atom. The summed E-state index contributed by atoms with van der Waals surface area (Å²) >= 11 is 9.47. The minimum Gasteiger partial charge on any atom is -0.480 e. The molecule has 0 fully saturated rings. The first-order chi connectivity index (χ1) is 8.45. The number of carbonyl (C=O) groups is 2. The van der Waals surface area contributed by atoms with Gasteiger partial charge >= 0.3 is 5.97 Å². The molecule has 4 nitrogen and oxygen atoms in total. The number of nitrogens with one attached hydrogen (secondary N) is 1. The molecular formula is C10H11Br2NO3S2. The summed E-state index contributed by atoms with van der Waals surface area (Å²) in [5, 5.41) is 11.6. The Balaban J connectivity index is 2.72. The van der Waals surface area contributed by atoms with Gasteiger partial charge in [0.05, 0.1) is 13.1 Å². The van der Waals surface area contributed by atoms with Gasteiger partial charge in [-0.15, -0.1) is 11.3 Å². The zero-order valence-electron chi connectivity index (χ0n) is 9.41. The number of carboxylic acid groups (broad SMARTS) is 1. The Hall–Kier alpha value is -0.0500. The molecule has 0 spiro atoms. The number of carboxylic acids is 1. The van der Waals surface area contributed by atoms with Crippen LogP contribution in [-0.4, -0.2) is 35.0 Å². The van der Waals surface area contributed by atoms with E-state index in [4.69, 9.17) is 5.11 Å². The average Bonchev–Trinajstić information content (AvgIpc) is 2.63. The third-order valence-electron chi connectivity index (χ3n) is 2.12. The van der Waals surface area contributed by atoms with Gasteiger partial charge in [-0.25, -0.2) is 4.79 Å². The third kappa shape index (κ3) is 4.56. The number of thioether (sulfide) groups is 1. The Morgan fingerprint density at radius 3 is 2.67 bits per heavy atom. The van der Waals surface area contributed by atoms with E-state index >= 15 is 0 Å². The number of hydrogen-bond donors (Lipinski definition) is 2. The molecule has 1 rings (SSSR count). The lowest BCUT2D eigenvalue weighted by molar-refractivity contribution is -0.139. The van der Waals surface area contributed by atoms with Gasteiger partial charge in [0, 0.05) is 0 Å². The Morgan fingerprint density at radius 2 is 2.22 bits per heavy atom. The van der Waals surface area contributed by atoms with Crippen LogP contribution in [0.15, 0.2) is 13.6 Å². The molecule has 1 atom stereocenters. The predicted molar refractivity (Wildman–Crippen MR) is 81.6 cm³/mol. The van der Waals surface area contributed by atoms with E-state index in [0.717, 1.165) is 3.79 Å². The van der Waals surface area contributed by atoms with E-state index in [9.17, 15) is 9.59 Å². The lowest BCUT2D eigenvalue weighted by Gasteiger charge is -2.13. The van der Waals surface area contributed by atoms with Gasteiger partial charge in [0.1, 0.15) is 6.04 Å². The topological polar surface area (TPSA) is 66.4 Å². The number of halogens is 2. The van der Waals surface area contributed by atoms with Gasteiger partial charge in [0.15, 0.2) is 0 Å². The van der Waals surface area contributed by atoms with Crippen LogP contribution in [0.5, 0.6) is 0 Å². The second-order valence-corrected chi connectivity index (χ2v) is 8.12. The summed E-state index contributed by atoms with van der Waals surface area (Å²) in [6.07, 6.45) is 2.30. The largest absolute Gasteiger partial charge is 0.480 e. The smallest absolute Gasteiger partial charge is 0.326 e. The highest BCUT2D eigenvalue weighted by Gasteiger charge is 2.22. The normalized spacial score (nSPS) is 12.2. The van der Waals surface area contributed by atoms with Crippen LogP contribution >= 0.6 is 55.0 Å². The summed E-state index contributed by atoms with van der Waals surface area (Å²) in [5.41, 5.74) is 0.447. The lowest BCUT2D eigenvalue weighted by Crippen LogP contribution is -2.41. The molecule has 0 bridgehead atoms. The SMILES string of the molecule is CSCCC(NC(=O)c1cc(Br)sc1Br)C(=O)O. The van der Waals surface area contributed by atoms with E-state index in [2.05, 4.69) is 37.2 Å². The van der Waals surface area contributed by atoms with Crippen molar-refractivity contribution >= 4 is 66.8 Å². The first-order valence-corrected chi connectivity index (χ1v) is 8.72. The van der Waals surface area contributed by atoms with Crippen LogP contribution in [0.1, 0.15) is 16.8 Å². The predicted octanol–water partition coefficient (Wildman–Crippen LogP) is 3.21. The summed E-state index contributed by atoms with van der Waals surface area (Å²) in [4.78, 5) is 23.0. The molecule has 0 aliphatic heterocycles. The Kier molecular flexibility index (Phi) is 6.68. The van der Waals surface area contributed by atoms with Gasteiger partial charge in [-0.1, -0.05) is 0 Å². The monoisotopic (exact) mass is 415 g/mol. The van der Waals surface area contributed by atoms with Crippen molar-refractivity contribution < 1.29 is 14.7 Å². The van der Waals surface area contributed by atoms with E-state index in [1.54, 1.807) is 17.8 Å². The zero-order valence-corrected chi connectivity index (χ0v) is 14.2. The third-order valence-corrected chi connectivity index (χ3v) is 5.10. The number of amides is 1. The summed E-state index contributed by atoms with van der Waals surface area (Å²) in [5.74, 6) is -0.702. The minimum absolute atomic E-state index is 0.377. The molecule has 0 aliphatic rings. The van der Waals surface area contributed by atoms with Crippen LogP contribution in [0.4, 0.5) is 0 Å². The van der Waals surface area contributed by atoms with E-state index < -0.39 is 12.0 Å². The summed E-state index contributed by atoms with van der Waals surface area (Å²) < 4.78 is 1.50. The van der Waals surface area contributed by atoms with Crippen LogP contribution in [0.2, 0.25) is 0 Å². The first-order valence-electron chi connectivity index (χ1n) is 4.93. The highest BCUT2D eigenvalue weighted by Crippen LogP contribution is 2.31. The van der Waals surface area contributed by atoms with Crippen molar-refractivity contribution in [1.29, 1.82) is 0 Å². The van der Waals surface area contributed by atoms with Crippen molar-refractivity contribution in [2.75, 3.05) is 12.0 Å². The summed E-state index contributed by atoms with van der Waals surface area (Å²) in [7, 11) is 0. The Bertz CT molecular complexity index is 450. The Labute approximate surface area is 130 Å². The fourth-order valence-corrected chi connectivity index (χ4v) is 4.49. The summed E-state index contributed by atoms with van der Waals surface area (Å²) in [6, 6.07) is 0.813. The molecule has 0 aromatic carbocycles. The van der Waals surface area contributed by atoms with Crippen molar-refractivity contribution in [3.8, 4) is 0 Å². The average molecular weight is 417 g/mol. The van der Waals surface area contributed by atoms with Crippen LogP contribution < -0.4 is 5.32 Å². The van der Waals surface area contributed by atoms with Crippen LogP contribution in [0, 0.1) is 0 Å². The number of aliphatic carboxylic acids is 1. The van der Waals surface area contributed by atoms with Crippen LogP contribution in [0.3, 0.4) is 0 Å². The molecule has 1 unspecified atom stereocenters. The maximum atomic E-state index is 11.9. The van der Waals surface area contributed by atoms with Crippen molar-refractivity contribution in [3.63, 3.8) is 0 Å². The minimum atomic E-state index is -1.01. The molecule has 1 amide bonds. The van der Waals surface area contributed by atoms with Gasteiger partial charge in [-0.05, 0) is 56.4 Å². The fraction of sp³-hybridized carbons (Fsp3) is 0.400. The maximum Gasteiger partial charge on any atom is 0.326 e. The van der Waals surface area contributed by atoms with Crippen molar-refractivity contribution in [1.82, 2.24) is 5.32 Å². The van der Waals surface area contributed by atoms with E-state index in [-0.39, 0.29) is 5.91 Å². The molecule has 8 heteroatoms. The highest BCUT2D eigenvalue weighted by molar-refractivity contribution is 9.12. The fourth-order valence-electron chi connectivity index (χ4n) is 1.22. The van der Waals surface area contributed by atoms with Crippen LogP contribution in [-0.2, 0) is 4.79 Å². The van der Waals surface area contributed by atoms with Gasteiger partial charge in [-0.2, -0.15) is 11.8 Å². The second-order valence-electron chi connectivity index (χ2n) is 3.38. The zero-order chi connectivity index (χ0) is 13.7. The molecular weight excluding hydrogens is 406 g/mol. The van der Waals surface area contributed by atoms with Gasteiger partial charge in [-0.3, -0.25) is 4.79 Å². The van der Waals surface area contributed by atoms with Gasteiger partial charge in [0.2, 0.25) is 0 Å². The summed E-state index contributed by atoms with van der Waals surface area (Å²) in [6.45, 7) is 0. The second kappa shape index (κ2) is 7.52. The lowest BCUT2D eigenvalue weighted by atomic mass is 10.2. The van der Waals surface area contributed by atoms with E-state index in [1.807, 2.05) is 6.26 Å². The number of rotatable bonds is 6. The van der Waals surface area contributed by atoms with Gasteiger partial charge in [0.25, 0.3) is 5.91 Å². The number of thiophene rings is 1. The molecule has 0 radical (unpaired) electrons.